The highest BCUT2D eigenvalue weighted by Gasteiger charge is 2.31. The number of anilines is 2. The van der Waals surface area contributed by atoms with Gasteiger partial charge in [0.1, 0.15) is 0 Å². The van der Waals surface area contributed by atoms with Crippen LogP contribution in [0.15, 0.2) is 85.7 Å². The number of hydrogen-bond donors (Lipinski definition) is 2. The Morgan fingerprint density at radius 2 is 1.21 bits per heavy atom. The fourth-order valence-electron chi connectivity index (χ4n) is 7.98. The molecule has 4 aromatic rings. The van der Waals surface area contributed by atoms with E-state index in [1.54, 1.807) is 16.1 Å². The van der Waals surface area contributed by atoms with E-state index in [1.165, 1.54) is 5.56 Å². The summed E-state index contributed by atoms with van der Waals surface area (Å²) in [5, 5.41) is 23.6. The van der Waals surface area contributed by atoms with Gasteiger partial charge in [0.2, 0.25) is 11.8 Å². The topological polar surface area (TPSA) is 171 Å². The Bertz CT molecular complexity index is 2040. The van der Waals surface area contributed by atoms with Gasteiger partial charge in [0.05, 0.1) is 30.5 Å². The van der Waals surface area contributed by atoms with Crippen molar-refractivity contribution >= 4 is 29.4 Å². The van der Waals surface area contributed by atoms with Crippen LogP contribution in [0.4, 0.5) is 11.6 Å². The number of nitriles is 2. The summed E-state index contributed by atoms with van der Waals surface area (Å²) in [7, 11) is 0. The Balaban J connectivity index is 0.000000172. The van der Waals surface area contributed by atoms with Gasteiger partial charge in [-0.2, -0.15) is 10.5 Å². The van der Waals surface area contributed by atoms with E-state index in [0.717, 1.165) is 45.3 Å². The van der Waals surface area contributed by atoms with Gasteiger partial charge in [0.25, 0.3) is 5.91 Å². The van der Waals surface area contributed by atoms with E-state index >= 15 is 0 Å². The van der Waals surface area contributed by atoms with E-state index in [-0.39, 0.29) is 35.6 Å². The maximum Gasteiger partial charge on any atom is 0.253 e. The number of piperidine rings is 1. The van der Waals surface area contributed by atoms with Crippen LogP contribution in [0.2, 0.25) is 0 Å². The number of amides is 3. The first kappa shape index (κ1) is 38.1. The van der Waals surface area contributed by atoms with Crippen LogP contribution in [-0.4, -0.2) is 109 Å². The highest BCUT2D eigenvalue weighted by molar-refractivity contribution is 5.94. The normalized spacial score (nSPS) is 22.1. The van der Waals surface area contributed by atoms with Gasteiger partial charge in [0.15, 0.2) is 24.0 Å². The van der Waals surface area contributed by atoms with Crippen molar-refractivity contribution in [3.8, 4) is 12.4 Å². The molecule has 2 N–H and O–H groups in total. The SMILES string of the molecule is N#CN1CC[C@H](C(=O)Nc2cn(C3CCCN(Cc4ccccc4)C3)cn2)C1.N#CN1CC[C@H](C(=O)Nc2cn(C3CCN(C(=O)c4ccccc4)C3)cn2)C1. The summed E-state index contributed by atoms with van der Waals surface area (Å²) in [6.07, 6.45) is 16.0. The molecule has 15 heteroatoms. The Morgan fingerprint density at radius 3 is 1.77 bits per heavy atom. The van der Waals surface area contributed by atoms with Crippen molar-refractivity contribution in [2.75, 3.05) is 63.0 Å². The molecule has 4 aliphatic heterocycles. The third-order valence-corrected chi connectivity index (χ3v) is 11.2. The summed E-state index contributed by atoms with van der Waals surface area (Å²) < 4.78 is 4.09. The first-order valence-corrected chi connectivity index (χ1v) is 19.4. The van der Waals surface area contributed by atoms with Crippen LogP contribution in [0.3, 0.4) is 0 Å². The molecule has 8 rings (SSSR count). The Hall–Kier alpha value is -6.19. The molecular formula is C41H48N12O3. The van der Waals surface area contributed by atoms with Crippen LogP contribution < -0.4 is 10.6 Å². The van der Waals surface area contributed by atoms with Gasteiger partial charge in [-0.1, -0.05) is 48.5 Å². The molecule has 2 unspecified atom stereocenters. The van der Waals surface area contributed by atoms with Gasteiger partial charge in [-0.15, -0.1) is 0 Å². The summed E-state index contributed by atoms with van der Waals surface area (Å²) in [6, 6.07) is 20.4. The van der Waals surface area contributed by atoms with Crippen LogP contribution in [0.1, 0.15) is 60.1 Å². The number of aromatic nitrogens is 4. The van der Waals surface area contributed by atoms with E-state index in [2.05, 4.69) is 66.7 Å². The van der Waals surface area contributed by atoms with E-state index in [1.807, 2.05) is 64.6 Å². The molecule has 6 heterocycles. The standard InChI is InChI=1S/C21H26N6O.C20H22N6O2/c22-15-26-10-8-18(12-26)21(28)24-20-14-27(16-23-20)19-7-4-9-25(13-19)11-17-5-2-1-3-6-17;21-13-24-8-6-16(10-24)19(27)23-18-12-26(14-22-18)17-7-9-25(11-17)20(28)15-4-2-1-3-5-15/h1-3,5-6,14,16,18-19H,4,7-13H2,(H,24,28);1-5,12,14,16-17H,6-11H2,(H,23,27)/t18-,19?;16-,17?/m00/s1. The number of carbonyl (C=O) groups is 3. The quantitative estimate of drug-likeness (QED) is 0.236. The van der Waals surface area contributed by atoms with Crippen LogP contribution in [0.5, 0.6) is 0 Å². The molecule has 4 saturated heterocycles. The number of likely N-dealkylation sites (tertiary alicyclic amines) is 4. The molecule has 0 bridgehead atoms. The molecule has 0 saturated carbocycles. The van der Waals surface area contributed by atoms with E-state index in [4.69, 9.17) is 10.5 Å². The van der Waals surface area contributed by atoms with Crippen molar-refractivity contribution in [2.24, 2.45) is 11.8 Å². The summed E-state index contributed by atoms with van der Waals surface area (Å²) in [5.41, 5.74) is 2.04. The zero-order chi connectivity index (χ0) is 38.9. The van der Waals surface area contributed by atoms with Crippen molar-refractivity contribution < 1.29 is 14.4 Å². The summed E-state index contributed by atoms with van der Waals surface area (Å²) in [6.45, 7) is 6.62. The zero-order valence-corrected chi connectivity index (χ0v) is 31.5. The second kappa shape index (κ2) is 18.0. The van der Waals surface area contributed by atoms with Gasteiger partial charge in [-0.05, 0) is 56.3 Å². The predicted molar refractivity (Wildman–Crippen MR) is 208 cm³/mol. The largest absolute Gasteiger partial charge is 0.336 e. The van der Waals surface area contributed by atoms with Gasteiger partial charge >= 0.3 is 0 Å². The lowest BCUT2D eigenvalue weighted by Gasteiger charge is -2.33. The fourth-order valence-corrected chi connectivity index (χ4v) is 7.98. The van der Waals surface area contributed by atoms with E-state index in [0.29, 0.717) is 68.9 Å². The average Bonchev–Trinajstić information content (AvgIpc) is 4.09. The predicted octanol–water partition coefficient (Wildman–Crippen LogP) is 4.17. The van der Waals surface area contributed by atoms with Crippen molar-refractivity contribution in [3.05, 3.63) is 96.8 Å². The monoisotopic (exact) mass is 756 g/mol. The van der Waals surface area contributed by atoms with E-state index in [9.17, 15) is 14.4 Å². The number of rotatable bonds is 9. The average molecular weight is 757 g/mol. The third kappa shape index (κ3) is 9.54. The first-order valence-electron chi connectivity index (χ1n) is 19.4. The minimum absolute atomic E-state index is 0.0417. The number of nitrogens with zero attached hydrogens (tertiary/aromatic N) is 10. The lowest BCUT2D eigenvalue weighted by atomic mass is 10.0. The van der Waals surface area contributed by atoms with Gasteiger partial charge in [-0.3, -0.25) is 19.3 Å². The second-order valence-electron chi connectivity index (χ2n) is 15.0. The number of imidazole rings is 2. The third-order valence-electron chi connectivity index (χ3n) is 11.2. The fraction of sp³-hybridized carbons (Fsp3) is 0.439. The van der Waals surface area contributed by atoms with Gasteiger partial charge in [-0.25, -0.2) is 9.97 Å². The smallest absolute Gasteiger partial charge is 0.253 e. The maximum absolute atomic E-state index is 12.6. The van der Waals surface area contributed by atoms with Crippen molar-refractivity contribution in [1.82, 2.24) is 38.7 Å². The van der Waals surface area contributed by atoms with Crippen LogP contribution in [0, 0.1) is 34.7 Å². The number of hydrogen-bond acceptors (Lipinski definition) is 10. The molecule has 2 aromatic carbocycles. The molecule has 4 fully saturated rings. The first-order chi connectivity index (χ1) is 27.3. The Labute approximate surface area is 327 Å². The molecule has 4 aliphatic rings. The second-order valence-corrected chi connectivity index (χ2v) is 15.0. The molecule has 4 atom stereocenters. The van der Waals surface area contributed by atoms with Crippen LogP contribution >= 0.6 is 0 Å². The molecule has 2 aromatic heterocycles. The molecule has 0 spiro atoms. The number of nitrogens with one attached hydrogen (secondary N) is 2. The minimum Gasteiger partial charge on any atom is -0.336 e. The molecule has 0 radical (unpaired) electrons. The number of carbonyl (C=O) groups excluding carboxylic acids is 3. The van der Waals surface area contributed by atoms with E-state index < -0.39 is 0 Å². The Morgan fingerprint density at radius 1 is 0.661 bits per heavy atom. The molecule has 0 aliphatic carbocycles. The molecule has 15 nitrogen and oxygen atoms in total. The molecule has 56 heavy (non-hydrogen) atoms. The summed E-state index contributed by atoms with van der Waals surface area (Å²) >= 11 is 0. The lowest BCUT2D eigenvalue weighted by Crippen LogP contribution is -2.35. The minimum atomic E-state index is -0.185. The van der Waals surface area contributed by atoms with Gasteiger partial charge < -0.3 is 34.5 Å². The highest BCUT2D eigenvalue weighted by Crippen LogP contribution is 2.26. The van der Waals surface area contributed by atoms with Crippen LogP contribution in [-0.2, 0) is 16.1 Å². The van der Waals surface area contributed by atoms with Crippen molar-refractivity contribution in [3.63, 3.8) is 0 Å². The molecule has 3 amide bonds. The van der Waals surface area contributed by atoms with Crippen LogP contribution in [0.25, 0.3) is 0 Å². The Kier molecular flexibility index (Phi) is 12.2. The highest BCUT2D eigenvalue weighted by atomic mass is 16.2. The lowest BCUT2D eigenvalue weighted by molar-refractivity contribution is -0.120. The van der Waals surface area contributed by atoms with Crippen molar-refractivity contribution in [2.45, 2.75) is 50.7 Å². The summed E-state index contributed by atoms with van der Waals surface area (Å²) in [5.74, 6) is 0.678. The van der Waals surface area contributed by atoms with Crippen molar-refractivity contribution in [1.29, 1.82) is 10.5 Å². The molecule has 290 valence electrons. The zero-order valence-electron chi connectivity index (χ0n) is 31.5. The summed E-state index contributed by atoms with van der Waals surface area (Å²) in [4.78, 5) is 53.6. The number of benzene rings is 2. The van der Waals surface area contributed by atoms with Gasteiger partial charge in [0, 0.05) is 76.4 Å². The maximum atomic E-state index is 12.6. The molecular weight excluding hydrogens is 709 g/mol.